The van der Waals surface area contributed by atoms with E-state index in [9.17, 15) is 10.1 Å². The molecule has 2 rings (SSSR count). The Morgan fingerprint density at radius 1 is 1.43 bits per heavy atom. The Kier molecular flexibility index (Phi) is 1.98. The Bertz CT molecular complexity index is 451. The van der Waals surface area contributed by atoms with Crippen molar-refractivity contribution in [2.45, 2.75) is 0 Å². The average molecular weight is 189 g/mol. The third-order valence-corrected chi connectivity index (χ3v) is 1.83. The first-order chi connectivity index (χ1) is 6.77. The van der Waals surface area contributed by atoms with E-state index in [-0.39, 0.29) is 5.69 Å². The Morgan fingerprint density at radius 2 is 2.29 bits per heavy atom. The van der Waals surface area contributed by atoms with Gasteiger partial charge in [0.05, 0.1) is 4.92 Å². The Morgan fingerprint density at radius 3 is 2.93 bits per heavy atom. The zero-order chi connectivity index (χ0) is 9.97. The van der Waals surface area contributed by atoms with Crippen LogP contribution >= 0.6 is 0 Å². The lowest BCUT2D eigenvalue weighted by Gasteiger charge is -1.95. The Hall–Kier alpha value is -2.17. The summed E-state index contributed by atoms with van der Waals surface area (Å²) in [5, 5.41) is 10.5. The monoisotopic (exact) mass is 189 g/mol. The molecule has 1 aromatic heterocycles. The van der Waals surface area contributed by atoms with Crippen LogP contribution in [0.25, 0.3) is 11.4 Å². The molecule has 14 heavy (non-hydrogen) atoms. The van der Waals surface area contributed by atoms with E-state index < -0.39 is 4.92 Å². The number of nitro benzene ring substituents is 1. The van der Waals surface area contributed by atoms with Gasteiger partial charge in [-0.2, -0.15) is 0 Å². The fourth-order valence-corrected chi connectivity index (χ4v) is 1.19. The van der Waals surface area contributed by atoms with Gasteiger partial charge in [0.1, 0.15) is 5.82 Å². The minimum Gasteiger partial charge on any atom is -0.345 e. The molecular weight excluding hydrogens is 182 g/mol. The molecule has 5 nitrogen and oxygen atoms in total. The third kappa shape index (κ3) is 1.47. The molecule has 0 unspecified atom stereocenters. The van der Waals surface area contributed by atoms with Gasteiger partial charge >= 0.3 is 0 Å². The predicted octanol–water partition coefficient (Wildman–Crippen LogP) is 1.98. The number of aromatic amines is 1. The number of nitro groups is 1. The van der Waals surface area contributed by atoms with Crippen molar-refractivity contribution in [2.75, 3.05) is 0 Å². The van der Waals surface area contributed by atoms with Crippen molar-refractivity contribution in [3.63, 3.8) is 0 Å². The van der Waals surface area contributed by atoms with E-state index in [4.69, 9.17) is 0 Å². The SMILES string of the molecule is O=[N+]([O-])c1cccc(-c2ncc[nH]2)c1. The maximum atomic E-state index is 10.5. The first kappa shape index (κ1) is 8.43. The highest BCUT2D eigenvalue weighted by molar-refractivity contribution is 5.58. The van der Waals surface area contributed by atoms with Crippen molar-refractivity contribution in [2.24, 2.45) is 0 Å². The summed E-state index contributed by atoms with van der Waals surface area (Å²) in [6, 6.07) is 6.34. The molecule has 0 saturated heterocycles. The van der Waals surface area contributed by atoms with Crippen LogP contribution in [0.3, 0.4) is 0 Å². The van der Waals surface area contributed by atoms with Crippen molar-refractivity contribution < 1.29 is 4.92 Å². The van der Waals surface area contributed by atoms with Gasteiger partial charge in [-0.3, -0.25) is 10.1 Å². The summed E-state index contributed by atoms with van der Waals surface area (Å²) in [6.45, 7) is 0. The molecule has 0 saturated carbocycles. The molecule has 0 aliphatic carbocycles. The van der Waals surface area contributed by atoms with E-state index in [1.807, 2.05) is 0 Å². The standard InChI is InChI=1S/C9H7N3O2/c13-12(14)8-3-1-2-7(6-8)9-10-4-5-11-9/h1-6H,(H,10,11). The highest BCUT2D eigenvalue weighted by atomic mass is 16.6. The first-order valence-corrected chi connectivity index (χ1v) is 4.01. The fraction of sp³-hybridized carbons (Fsp3) is 0. The minimum absolute atomic E-state index is 0.0684. The second-order valence-electron chi connectivity index (χ2n) is 2.75. The van der Waals surface area contributed by atoms with Crippen LogP contribution in [0.1, 0.15) is 0 Å². The number of benzene rings is 1. The molecule has 0 radical (unpaired) electrons. The molecule has 0 atom stereocenters. The number of hydrogen-bond donors (Lipinski definition) is 1. The van der Waals surface area contributed by atoms with Crippen molar-refractivity contribution in [1.29, 1.82) is 0 Å². The summed E-state index contributed by atoms with van der Waals surface area (Å²) < 4.78 is 0. The van der Waals surface area contributed by atoms with Crippen LogP contribution in [-0.2, 0) is 0 Å². The van der Waals surface area contributed by atoms with Gasteiger partial charge in [-0.15, -0.1) is 0 Å². The van der Waals surface area contributed by atoms with E-state index in [2.05, 4.69) is 9.97 Å². The van der Waals surface area contributed by atoms with E-state index in [0.29, 0.717) is 11.4 Å². The molecule has 2 aromatic rings. The molecule has 0 fully saturated rings. The number of hydrogen-bond acceptors (Lipinski definition) is 3. The maximum Gasteiger partial charge on any atom is 0.270 e. The number of nitrogens with zero attached hydrogens (tertiary/aromatic N) is 2. The van der Waals surface area contributed by atoms with Crippen LogP contribution in [0.15, 0.2) is 36.7 Å². The van der Waals surface area contributed by atoms with Crippen LogP contribution < -0.4 is 0 Å². The first-order valence-electron chi connectivity index (χ1n) is 4.01. The van der Waals surface area contributed by atoms with E-state index in [1.165, 1.54) is 12.1 Å². The van der Waals surface area contributed by atoms with Crippen molar-refractivity contribution in [3.05, 3.63) is 46.8 Å². The topological polar surface area (TPSA) is 71.8 Å². The predicted molar refractivity (Wildman–Crippen MR) is 50.7 cm³/mol. The highest BCUT2D eigenvalue weighted by Gasteiger charge is 2.07. The molecular formula is C9H7N3O2. The van der Waals surface area contributed by atoms with Gasteiger partial charge in [0.15, 0.2) is 0 Å². The lowest BCUT2D eigenvalue weighted by atomic mass is 10.2. The largest absolute Gasteiger partial charge is 0.345 e. The fourth-order valence-electron chi connectivity index (χ4n) is 1.19. The van der Waals surface area contributed by atoms with E-state index >= 15 is 0 Å². The molecule has 1 aromatic carbocycles. The molecule has 0 bridgehead atoms. The van der Waals surface area contributed by atoms with Gasteiger partial charge in [0.25, 0.3) is 5.69 Å². The molecule has 0 amide bonds. The minimum atomic E-state index is -0.424. The van der Waals surface area contributed by atoms with Crippen molar-refractivity contribution in [1.82, 2.24) is 9.97 Å². The summed E-state index contributed by atoms with van der Waals surface area (Å²) in [5.74, 6) is 0.633. The van der Waals surface area contributed by atoms with Gasteiger partial charge in [-0.1, -0.05) is 12.1 Å². The van der Waals surface area contributed by atoms with Gasteiger partial charge in [0, 0.05) is 30.1 Å². The van der Waals surface area contributed by atoms with Gasteiger partial charge < -0.3 is 4.98 Å². The zero-order valence-electron chi connectivity index (χ0n) is 7.18. The van der Waals surface area contributed by atoms with Crippen molar-refractivity contribution >= 4 is 5.69 Å². The lowest BCUT2D eigenvalue weighted by Crippen LogP contribution is -1.88. The Balaban J connectivity index is 2.46. The average Bonchev–Trinajstić information content (AvgIpc) is 2.71. The van der Waals surface area contributed by atoms with Gasteiger partial charge in [-0.05, 0) is 0 Å². The lowest BCUT2D eigenvalue weighted by molar-refractivity contribution is -0.384. The van der Waals surface area contributed by atoms with Crippen LogP contribution in [0.2, 0.25) is 0 Å². The van der Waals surface area contributed by atoms with Crippen LogP contribution in [-0.4, -0.2) is 14.9 Å². The number of rotatable bonds is 2. The van der Waals surface area contributed by atoms with Crippen LogP contribution in [0.4, 0.5) is 5.69 Å². The number of aromatic nitrogens is 2. The number of nitrogens with one attached hydrogen (secondary N) is 1. The van der Waals surface area contributed by atoms with E-state index in [1.54, 1.807) is 24.5 Å². The molecule has 0 aliphatic rings. The van der Waals surface area contributed by atoms with E-state index in [0.717, 1.165) is 0 Å². The quantitative estimate of drug-likeness (QED) is 0.580. The molecule has 1 N–H and O–H groups in total. The summed E-state index contributed by atoms with van der Waals surface area (Å²) in [5.41, 5.74) is 0.781. The summed E-state index contributed by atoms with van der Waals surface area (Å²) in [7, 11) is 0. The third-order valence-electron chi connectivity index (χ3n) is 1.83. The summed E-state index contributed by atoms with van der Waals surface area (Å²) in [6.07, 6.45) is 3.28. The molecule has 1 heterocycles. The summed E-state index contributed by atoms with van der Waals surface area (Å²) in [4.78, 5) is 17.0. The smallest absolute Gasteiger partial charge is 0.270 e. The second kappa shape index (κ2) is 3.29. The number of imidazole rings is 1. The normalized spacial score (nSPS) is 10.0. The van der Waals surface area contributed by atoms with Crippen LogP contribution in [0.5, 0.6) is 0 Å². The zero-order valence-corrected chi connectivity index (χ0v) is 7.18. The van der Waals surface area contributed by atoms with Gasteiger partial charge in [0.2, 0.25) is 0 Å². The number of non-ortho nitro benzene ring substituents is 1. The van der Waals surface area contributed by atoms with Crippen LogP contribution in [0, 0.1) is 10.1 Å². The molecule has 70 valence electrons. The second-order valence-corrected chi connectivity index (χ2v) is 2.75. The van der Waals surface area contributed by atoms with Gasteiger partial charge in [-0.25, -0.2) is 4.98 Å². The molecule has 0 aliphatic heterocycles. The maximum absolute atomic E-state index is 10.5. The van der Waals surface area contributed by atoms with Crippen molar-refractivity contribution in [3.8, 4) is 11.4 Å². The highest BCUT2D eigenvalue weighted by Crippen LogP contribution is 2.20. The molecule has 5 heteroatoms. The summed E-state index contributed by atoms with van der Waals surface area (Å²) >= 11 is 0. The molecule has 0 spiro atoms. The number of H-pyrrole nitrogens is 1. The Labute approximate surface area is 79.6 Å².